The quantitative estimate of drug-likeness (QED) is 0.630. The van der Waals surface area contributed by atoms with Crippen molar-refractivity contribution in [3.05, 3.63) is 57.0 Å². The fourth-order valence-corrected chi connectivity index (χ4v) is 6.78. The number of amides is 3. The van der Waals surface area contributed by atoms with E-state index in [-0.39, 0.29) is 17.9 Å². The molecule has 1 spiro atoms. The maximum Gasteiger partial charge on any atom is 0.250 e. The number of anilines is 2. The molecule has 4 aliphatic rings. The minimum Gasteiger partial charge on any atom is -0.324 e. The number of benzene rings is 2. The van der Waals surface area contributed by atoms with E-state index in [0.29, 0.717) is 38.6 Å². The monoisotopic (exact) mass is 475 g/mol. The van der Waals surface area contributed by atoms with Crippen molar-refractivity contribution in [1.82, 2.24) is 4.90 Å². The largest absolute Gasteiger partial charge is 0.324 e. The Morgan fingerprint density at radius 2 is 1.68 bits per heavy atom. The number of carbonyl (C=O) groups is 3. The number of fused-ring (bicyclic) bond motifs is 7. The molecule has 31 heavy (non-hydrogen) atoms. The van der Waals surface area contributed by atoms with Gasteiger partial charge in [-0.25, -0.2) is 4.90 Å². The predicted molar refractivity (Wildman–Crippen MR) is 117 cm³/mol. The smallest absolute Gasteiger partial charge is 0.250 e. The summed E-state index contributed by atoms with van der Waals surface area (Å²) in [5, 5.41) is 4.06. The lowest BCUT2D eigenvalue weighted by atomic mass is 9.75. The van der Waals surface area contributed by atoms with Crippen LogP contribution in [0.4, 0.5) is 11.4 Å². The SMILES string of the molecule is O=C1[C@@H]2[C@H]3CCCN3[C@@]3(C(=O)Nc4ccc(Cl)cc43)[C@@H]2C(=O)N1c1cc(Cl)cc(Cl)c1. The van der Waals surface area contributed by atoms with Gasteiger partial charge in [0, 0.05) is 32.4 Å². The Hall–Kier alpha value is -2.12. The van der Waals surface area contributed by atoms with E-state index in [1.807, 2.05) is 0 Å². The van der Waals surface area contributed by atoms with E-state index < -0.39 is 23.3 Å². The highest BCUT2D eigenvalue weighted by Gasteiger charge is 2.74. The van der Waals surface area contributed by atoms with Gasteiger partial charge in [-0.05, 0) is 55.8 Å². The van der Waals surface area contributed by atoms with E-state index in [1.54, 1.807) is 36.4 Å². The highest BCUT2D eigenvalue weighted by Crippen LogP contribution is 2.61. The maximum atomic E-state index is 13.8. The van der Waals surface area contributed by atoms with Crippen LogP contribution in [-0.4, -0.2) is 35.2 Å². The van der Waals surface area contributed by atoms with Gasteiger partial charge in [0.05, 0.1) is 17.5 Å². The van der Waals surface area contributed by atoms with Gasteiger partial charge in [-0.15, -0.1) is 0 Å². The van der Waals surface area contributed by atoms with Crippen molar-refractivity contribution in [3.8, 4) is 0 Å². The second kappa shape index (κ2) is 6.45. The molecule has 0 unspecified atom stereocenters. The lowest BCUT2D eigenvalue weighted by Crippen LogP contribution is -2.54. The summed E-state index contributed by atoms with van der Waals surface area (Å²) in [7, 11) is 0. The van der Waals surface area contributed by atoms with Gasteiger partial charge in [0.2, 0.25) is 17.7 Å². The van der Waals surface area contributed by atoms with Gasteiger partial charge in [-0.2, -0.15) is 0 Å². The molecule has 0 saturated carbocycles. The van der Waals surface area contributed by atoms with Crippen molar-refractivity contribution in [2.75, 3.05) is 16.8 Å². The van der Waals surface area contributed by atoms with Crippen LogP contribution in [-0.2, 0) is 19.9 Å². The van der Waals surface area contributed by atoms with Crippen molar-refractivity contribution in [1.29, 1.82) is 0 Å². The van der Waals surface area contributed by atoms with Gasteiger partial charge in [0.1, 0.15) is 5.54 Å². The first-order valence-electron chi connectivity index (χ1n) is 10.1. The van der Waals surface area contributed by atoms with Gasteiger partial charge in [-0.3, -0.25) is 19.3 Å². The summed E-state index contributed by atoms with van der Waals surface area (Å²) in [6, 6.07) is 9.63. The molecule has 4 aliphatic heterocycles. The second-order valence-corrected chi connectivity index (χ2v) is 9.77. The summed E-state index contributed by atoms with van der Waals surface area (Å²) in [6.45, 7) is 0.639. The van der Waals surface area contributed by atoms with E-state index in [0.717, 1.165) is 17.7 Å². The Balaban J connectivity index is 1.57. The lowest BCUT2D eigenvalue weighted by Gasteiger charge is -2.36. The van der Waals surface area contributed by atoms with Gasteiger partial charge in [-0.1, -0.05) is 34.8 Å². The van der Waals surface area contributed by atoms with Crippen molar-refractivity contribution >= 4 is 63.9 Å². The zero-order valence-corrected chi connectivity index (χ0v) is 18.3. The van der Waals surface area contributed by atoms with Crippen LogP contribution < -0.4 is 10.2 Å². The number of halogens is 3. The van der Waals surface area contributed by atoms with Crippen molar-refractivity contribution < 1.29 is 14.4 Å². The van der Waals surface area contributed by atoms with E-state index in [1.165, 1.54) is 0 Å². The fourth-order valence-electron chi connectivity index (χ4n) is 6.10. The Bertz CT molecular complexity index is 1180. The first-order chi connectivity index (χ1) is 14.8. The fraction of sp³-hybridized carbons (Fsp3) is 0.318. The average molecular weight is 477 g/mol. The number of nitrogens with zero attached hydrogens (tertiary/aromatic N) is 2. The van der Waals surface area contributed by atoms with Crippen LogP contribution in [0.25, 0.3) is 0 Å². The molecule has 3 amide bonds. The number of carbonyl (C=O) groups excluding carboxylic acids is 3. The summed E-state index contributed by atoms with van der Waals surface area (Å²) in [5.41, 5.74) is 0.365. The summed E-state index contributed by atoms with van der Waals surface area (Å²) in [5.74, 6) is -2.47. The maximum absolute atomic E-state index is 13.8. The molecule has 2 aromatic carbocycles. The van der Waals surface area contributed by atoms with E-state index >= 15 is 0 Å². The minimum atomic E-state index is -1.25. The van der Waals surface area contributed by atoms with Crippen LogP contribution in [0.15, 0.2) is 36.4 Å². The number of rotatable bonds is 1. The molecule has 2 aromatic rings. The Morgan fingerprint density at radius 1 is 0.935 bits per heavy atom. The zero-order chi connectivity index (χ0) is 21.7. The predicted octanol–water partition coefficient (Wildman–Crippen LogP) is 4.08. The summed E-state index contributed by atoms with van der Waals surface area (Å²) in [6.07, 6.45) is 1.60. The number of hydrogen-bond acceptors (Lipinski definition) is 4. The van der Waals surface area contributed by atoms with Gasteiger partial charge >= 0.3 is 0 Å². The molecule has 0 aromatic heterocycles. The number of imide groups is 1. The molecule has 0 aliphatic carbocycles. The molecule has 158 valence electrons. The normalized spacial score (nSPS) is 31.4. The van der Waals surface area contributed by atoms with Gasteiger partial charge in [0.15, 0.2) is 0 Å². The van der Waals surface area contributed by atoms with Crippen molar-refractivity contribution in [3.63, 3.8) is 0 Å². The first kappa shape index (κ1) is 19.6. The van der Waals surface area contributed by atoms with Crippen LogP contribution in [0, 0.1) is 11.8 Å². The van der Waals surface area contributed by atoms with Crippen LogP contribution >= 0.6 is 34.8 Å². The van der Waals surface area contributed by atoms with Crippen LogP contribution in [0.5, 0.6) is 0 Å². The second-order valence-electron chi connectivity index (χ2n) is 8.46. The third-order valence-corrected chi connectivity index (χ3v) is 7.73. The molecule has 1 N–H and O–H groups in total. The van der Waals surface area contributed by atoms with Crippen LogP contribution in [0.1, 0.15) is 18.4 Å². The molecular weight excluding hydrogens is 461 g/mol. The summed E-state index contributed by atoms with van der Waals surface area (Å²) >= 11 is 18.6. The van der Waals surface area contributed by atoms with Gasteiger partial charge < -0.3 is 5.32 Å². The van der Waals surface area contributed by atoms with Crippen LogP contribution in [0.3, 0.4) is 0 Å². The molecule has 9 heteroatoms. The van der Waals surface area contributed by atoms with Crippen molar-refractivity contribution in [2.45, 2.75) is 24.4 Å². The van der Waals surface area contributed by atoms with Gasteiger partial charge in [0.25, 0.3) is 0 Å². The molecule has 4 heterocycles. The molecule has 6 rings (SSSR count). The highest BCUT2D eigenvalue weighted by molar-refractivity contribution is 6.36. The first-order valence-corrected chi connectivity index (χ1v) is 11.2. The van der Waals surface area contributed by atoms with E-state index in [2.05, 4.69) is 10.2 Å². The summed E-state index contributed by atoms with van der Waals surface area (Å²) in [4.78, 5) is 44.2. The molecule has 0 bridgehead atoms. The molecule has 3 fully saturated rings. The van der Waals surface area contributed by atoms with Crippen LogP contribution in [0.2, 0.25) is 15.1 Å². The number of nitrogens with one attached hydrogen (secondary N) is 1. The average Bonchev–Trinajstić information content (AvgIpc) is 3.39. The molecular formula is C22H16Cl3N3O3. The molecule has 0 radical (unpaired) electrons. The molecule has 3 saturated heterocycles. The van der Waals surface area contributed by atoms with E-state index in [4.69, 9.17) is 34.8 Å². The minimum absolute atomic E-state index is 0.197. The standard InChI is InChI=1S/C22H16Cl3N3O3/c23-10-3-4-15-14(9-10)22(21(31)26-15)18-17(16-2-1-5-27(16)22)19(29)28(20(18)30)13-7-11(24)6-12(25)8-13/h3-4,6-9,16-18H,1-2,5H2,(H,26,31)/t16-,17-,18+,22-/m1/s1. The Kier molecular flexibility index (Phi) is 4.07. The lowest BCUT2D eigenvalue weighted by molar-refractivity contribution is -0.135. The summed E-state index contributed by atoms with van der Waals surface area (Å²) < 4.78 is 0. The molecule has 4 atom stereocenters. The Labute approximate surface area is 193 Å². The van der Waals surface area contributed by atoms with E-state index in [9.17, 15) is 14.4 Å². The zero-order valence-electron chi connectivity index (χ0n) is 16.1. The van der Waals surface area contributed by atoms with Crippen molar-refractivity contribution in [2.24, 2.45) is 11.8 Å². The third kappa shape index (κ3) is 2.36. The molecule has 6 nitrogen and oxygen atoms in total. The highest BCUT2D eigenvalue weighted by atomic mass is 35.5. The topological polar surface area (TPSA) is 69.7 Å². The Morgan fingerprint density at radius 3 is 2.42 bits per heavy atom. The third-order valence-electron chi connectivity index (χ3n) is 7.06. The number of hydrogen-bond donors (Lipinski definition) is 1.